The molecule has 0 aromatic rings. The predicted octanol–water partition coefficient (Wildman–Crippen LogP) is -1.20. The molecule has 0 aromatic heterocycles. The second-order valence-corrected chi connectivity index (χ2v) is 1.12. The summed E-state index contributed by atoms with van der Waals surface area (Å²) in [5.74, 6) is 0. The van der Waals surface area contributed by atoms with E-state index in [0.29, 0.717) is 0 Å². The second-order valence-electron chi connectivity index (χ2n) is 1.12. The van der Waals surface area contributed by atoms with Crippen LogP contribution in [0.5, 0.6) is 0 Å². The van der Waals surface area contributed by atoms with Crippen LogP contribution in [0.15, 0.2) is 0 Å². The largest absolute Gasteiger partial charge is 0.356 e. The van der Waals surface area contributed by atoms with Gasteiger partial charge in [0.25, 0.3) is 0 Å². The Morgan fingerprint density at radius 3 is 0.333 bits per heavy atom. The molecule has 0 heterocycles. The van der Waals surface area contributed by atoms with E-state index in [0.717, 1.165) is 0 Å². The van der Waals surface area contributed by atoms with Crippen molar-refractivity contribution in [2.24, 2.45) is 0 Å². The van der Waals surface area contributed by atoms with Crippen molar-refractivity contribution in [3.63, 3.8) is 0 Å². The van der Waals surface area contributed by atoms with Gasteiger partial charge in [-0.15, -0.1) is 0 Å². The van der Waals surface area contributed by atoms with Crippen LogP contribution in [0, 0.1) is 76.6 Å². The summed E-state index contributed by atoms with van der Waals surface area (Å²) in [4.78, 5) is 41.2. The molecule has 0 rings (SSSR count). The van der Waals surface area contributed by atoms with Crippen molar-refractivity contribution < 1.29 is 47.2 Å². The number of rotatable bonds is 0. The predicted molar refractivity (Wildman–Crippen MR) is 51.8 cm³/mol. The van der Waals surface area contributed by atoms with Gasteiger partial charge >= 0.3 is 0 Å². The molecule has 0 radical (unpaired) electrons. The molecule has 21 heteroatoms. The molecule has 20 nitrogen and oxygen atoms in total. The molecular weight excluding hydrogens is 358 g/mol. The first-order valence-electron chi connectivity index (χ1n) is 2.74. The fraction of sp³-hybridized carbons (Fsp3) is 0. The minimum atomic E-state index is -1.75. The van der Waals surface area contributed by atoms with Crippen LogP contribution in [-0.2, 0) is 21.7 Å². The van der Waals surface area contributed by atoms with E-state index in [4.69, 9.17) is 76.6 Å². The van der Waals surface area contributed by atoms with Crippen molar-refractivity contribution in [1.29, 1.82) is 0 Å². The minimum Gasteiger partial charge on any atom is -0.356 e. The van der Waals surface area contributed by atoms with Crippen LogP contribution in [0.2, 0.25) is 0 Å². The van der Waals surface area contributed by atoms with Crippen molar-refractivity contribution in [2.75, 3.05) is 0 Å². The average Bonchev–Trinajstić information content (AvgIpc) is 1.94. The molecule has 0 aliphatic rings. The zero-order valence-corrected chi connectivity index (χ0v) is 10.4. The molecule has 0 aromatic carbocycles. The Bertz CT molecular complexity index is 207. The van der Waals surface area contributed by atoms with Crippen LogP contribution in [0.25, 0.3) is 0 Å². The SMILES string of the molecule is O=[N+]([O-])[O-].O=[N+]([O-])[O-].O=[N+]([O-])[O-].O=[N+]([O-])[O-].O=[N+]([O-])[O-].[Ti]. The summed E-state index contributed by atoms with van der Waals surface area (Å²) < 4.78 is 0. The summed E-state index contributed by atoms with van der Waals surface area (Å²) in [6.07, 6.45) is 0. The molecule has 0 aliphatic heterocycles. The zero-order chi connectivity index (χ0) is 17.9. The van der Waals surface area contributed by atoms with Crippen LogP contribution in [-0.4, -0.2) is 25.4 Å². The summed E-state index contributed by atoms with van der Waals surface area (Å²) in [6, 6.07) is 0. The van der Waals surface area contributed by atoms with Gasteiger partial charge < -0.3 is 76.6 Å². The van der Waals surface area contributed by atoms with Crippen molar-refractivity contribution >= 4 is 0 Å². The standard InChI is InChI=1S/5NO3.Ti/c5*2-1(3)4;/q5*-1;. The van der Waals surface area contributed by atoms with E-state index < -0.39 is 25.4 Å². The van der Waals surface area contributed by atoms with Gasteiger partial charge in [0.1, 0.15) is 0 Å². The average molecular weight is 358 g/mol. The molecule has 0 N–H and O–H groups in total. The summed E-state index contributed by atoms with van der Waals surface area (Å²) in [7, 11) is 0. The van der Waals surface area contributed by atoms with Crippen LogP contribution < -0.4 is 0 Å². The molecule has 21 heavy (non-hydrogen) atoms. The summed E-state index contributed by atoms with van der Waals surface area (Å²) in [6.45, 7) is 0. The molecule has 124 valence electrons. The van der Waals surface area contributed by atoms with E-state index >= 15 is 0 Å². The number of hydrogen-bond donors (Lipinski definition) is 0. The first kappa shape index (κ1) is 36.1. The third-order valence-corrected chi connectivity index (χ3v) is 0. The van der Waals surface area contributed by atoms with Gasteiger partial charge in [0.2, 0.25) is 0 Å². The molecule has 0 unspecified atom stereocenters. The van der Waals surface area contributed by atoms with E-state index in [1.807, 2.05) is 0 Å². The summed E-state index contributed by atoms with van der Waals surface area (Å²) in [5.41, 5.74) is 0. The van der Waals surface area contributed by atoms with E-state index in [1.54, 1.807) is 0 Å². The van der Waals surface area contributed by atoms with Crippen molar-refractivity contribution in [2.45, 2.75) is 0 Å². The smallest absolute Gasteiger partial charge is 0.0689 e. The van der Waals surface area contributed by atoms with E-state index in [1.165, 1.54) is 0 Å². The third-order valence-electron chi connectivity index (χ3n) is 0. The number of nitrogens with zero attached hydrogens (tertiary/aromatic N) is 5. The topological polar surface area (TPSA) is 331 Å². The van der Waals surface area contributed by atoms with Gasteiger partial charge in [-0.2, -0.15) is 0 Å². The summed E-state index contributed by atoms with van der Waals surface area (Å²) >= 11 is 0. The van der Waals surface area contributed by atoms with Gasteiger partial charge in [0, 0.05) is 21.7 Å². The molecule has 0 spiro atoms. The molecule has 0 bridgehead atoms. The fourth-order valence-electron chi connectivity index (χ4n) is 0. The first-order valence-corrected chi connectivity index (χ1v) is 2.74. The Morgan fingerprint density at radius 2 is 0.333 bits per heavy atom. The maximum atomic E-state index is 8.25. The van der Waals surface area contributed by atoms with Crippen LogP contribution in [0.3, 0.4) is 0 Å². The Kier molecular flexibility index (Phi) is 51.7. The Labute approximate surface area is 124 Å². The van der Waals surface area contributed by atoms with Gasteiger partial charge in [-0.25, -0.2) is 0 Å². The molecule has 0 aliphatic carbocycles. The molecule has 0 fully saturated rings. The van der Waals surface area contributed by atoms with E-state index in [2.05, 4.69) is 0 Å². The Balaban J connectivity index is -0.0000000331. The maximum Gasteiger partial charge on any atom is 0.0689 e. The third kappa shape index (κ3) is 335. The second kappa shape index (κ2) is 30.1. The zero-order valence-electron chi connectivity index (χ0n) is 8.86. The van der Waals surface area contributed by atoms with Crippen LogP contribution >= 0.6 is 0 Å². The normalized spacial score (nSPS) is 5.71. The number of hydrogen-bond acceptors (Lipinski definition) is 15. The minimum absolute atomic E-state index is 0. The van der Waals surface area contributed by atoms with Crippen molar-refractivity contribution in [3.05, 3.63) is 76.6 Å². The van der Waals surface area contributed by atoms with Crippen molar-refractivity contribution in [1.82, 2.24) is 0 Å². The summed E-state index contributed by atoms with van der Waals surface area (Å²) in [5, 5.41) is 73.8. The van der Waals surface area contributed by atoms with Crippen LogP contribution in [0.1, 0.15) is 0 Å². The molecular formula is N5O15Ti-5. The quantitative estimate of drug-likeness (QED) is 0.278. The van der Waals surface area contributed by atoms with Crippen LogP contribution in [0.4, 0.5) is 0 Å². The van der Waals surface area contributed by atoms with Gasteiger partial charge in [0.15, 0.2) is 0 Å². The van der Waals surface area contributed by atoms with Gasteiger partial charge in [-0.3, -0.25) is 0 Å². The van der Waals surface area contributed by atoms with Gasteiger partial charge in [-0.05, 0) is 0 Å². The maximum absolute atomic E-state index is 8.25. The van der Waals surface area contributed by atoms with Crippen molar-refractivity contribution in [3.8, 4) is 0 Å². The van der Waals surface area contributed by atoms with E-state index in [9.17, 15) is 0 Å². The molecule has 0 amide bonds. The molecule has 0 saturated heterocycles. The van der Waals surface area contributed by atoms with Gasteiger partial charge in [0.05, 0.1) is 25.4 Å². The van der Waals surface area contributed by atoms with Gasteiger partial charge in [-0.1, -0.05) is 0 Å². The molecule has 0 atom stereocenters. The monoisotopic (exact) mass is 358 g/mol. The Morgan fingerprint density at radius 1 is 0.333 bits per heavy atom. The Hall–Kier alpha value is -3.29. The fourth-order valence-corrected chi connectivity index (χ4v) is 0. The molecule has 0 saturated carbocycles. The first-order chi connectivity index (χ1) is 8.66. The van der Waals surface area contributed by atoms with E-state index in [-0.39, 0.29) is 21.7 Å².